The smallest absolute Gasteiger partial charge is 0.305 e. The Morgan fingerprint density at radius 2 is 1.46 bits per heavy atom. The zero-order chi connectivity index (χ0) is 20.7. The van der Waals surface area contributed by atoms with Crippen molar-refractivity contribution in [3.8, 4) is 0 Å². The van der Waals surface area contributed by atoms with Gasteiger partial charge in [-0.3, -0.25) is 8.98 Å². The zero-order valence-corrected chi connectivity index (χ0v) is 17.7. The fraction of sp³-hybridized carbons (Fsp3) is 0.650. The molecule has 0 unspecified atom stereocenters. The number of hydrogen-bond donors (Lipinski definition) is 0. The van der Waals surface area contributed by atoms with Crippen molar-refractivity contribution in [1.82, 2.24) is 0 Å². The lowest BCUT2D eigenvalue weighted by atomic mass is 10.2. The SMILES string of the molecule is CCCCCCC(=O)OCCOCCOCCOS(=O)(=O)c1ccc(C)cc1. The molecule has 160 valence electrons. The fourth-order valence-electron chi connectivity index (χ4n) is 2.28. The molecule has 0 heterocycles. The number of aryl methyl sites for hydroxylation is 1. The molecule has 7 nitrogen and oxygen atoms in total. The summed E-state index contributed by atoms with van der Waals surface area (Å²) in [6, 6.07) is 6.45. The molecule has 8 heteroatoms. The number of unbranched alkanes of at least 4 members (excludes halogenated alkanes) is 3. The molecule has 0 radical (unpaired) electrons. The number of rotatable bonds is 16. The van der Waals surface area contributed by atoms with Crippen molar-refractivity contribution in [3.05, 3.63) is 29.8 Å². The lowest BCUT2D eigenvalue weighted by Crippen LogP contribution is -2.15. The van der Waals surface area contributed by atoms with E-state index in [0.29, 0.717) is 26.2 Å². The number of esters is 1. The summed E-state index contributed by atoms with van der Waals surface area (Å²) in [5.74, 6) is -0.192. The van der Waals surface area contributed by atoms with E-state index in [9.17, 15) is 13.2 Å². The first-order valence-corrected chi connectivity index (χ1v) is 11.1. The van der Waals surface area contributed by atoms with Crippen LogP contribution in [0.5, 0.6) is 0 Å². The second-order valence-corrected chi connectivity index (χ2v) is 7.96. The molecule has 0 saturated carbocycles. The molecule has 0 aliphatic carbocycles. The molecule has 0 bridgehead atoms. The van der Waals surface area contributed by atoms with E-state index < -0.39 is 10.1 Å². The molecule has 0 fully saturated rings. The number of hydrogen-bond acceptors (Lipinski definition) is 7. The Morgan fingerprint density at radius 3 is 2.11 bits per heavy atom. The Balaban J connectivity index is 1.96. The number of carbonyl (C=O) groups excluding carboxylic acids is 1. The van der Waals surface area contributed by atoms with E-state index in [0.717, 1.165) is 31.2 Å². The van der Waals surface area contributed by atoms with Crippen LogP contribution in [0.3, 0.4) is 0 Å². The first kappa shape index (κ1) is 24.6. The van der Waals surface area contributed by atoms with Gasteiger partial charge in [-0.15, -0.1) is 0 Å². The summed E-state index contributed by atoms with van der Waals surface area (Å²) >= 11 is 0. The van der Waals surface area contributed by atoms with Gasteiger partial charge < -0.3 is 14.2 Å². The average Bonchev–Trinajstić information content (AvgIpc) is 2.67. The maximum Gasteiger partial charge on any atom is 0.305 e. The third kappa shape index (κ3) is 11.4. The number of carbonyl (C=O) groups is 1. The topological polar surface area (TPSA) is 88.1 Å². The Bertz CT molecular complexity index is 641. The van der Waals surface area contributed by atoms with Gasteiger partial charge in [0, 0.05) is 6.42 Å². The molecule has 0 spiro atoms. The van der Waals surface area contributed by atoms with Gasteiger partial charge >= 0.3 is 5.97 Å². The van der Waals surface area contributed by atoms with Gasteiger partial charge in [0.25, 0.3) is 10.1 Å². The summed E-state index contributed by atoms with van der Waals surface area (Å²) in [6.45, 7) is 5.25. The van der Waals surface area contributed by atoms with E-state index in [2.05, 4.69) is 6.92 Å². The van der Waals surface area contributed by atoms with Crippen LogP contribution < -0.4 is 0 Å². The number of ether oxygens (including phenoxy) is 3. The molecule has 0 saturated heterocycles. The molecular weight excluding hydrogens is 384 g/mol. The van der Waals surface area contributed by atoms with E-state index in [4.69, 9.17) is 18.4 Å². The van der Waals surface area contributed by atoms with Gasteiger partial charge in [0.05, 0.1) is 37.9 Å². The molecule has 0 N–H and O–H groups in total. The standard InChI is InChI=1S/C20H32O7S/c1-3-4-5-6-7-20(21)26-16-14-24-12-13-25-15-17-27-28(22,23)19-10-8-18(2)9-11-19/h8-11H,3-7,12-17H2,1-2H3. The van der Waals surface area contributed by atoms with Crippen LogP contribution in [-0.2, 0) is 33.3 Å². The van der Waals surface area contributed by atoms with Gasteiger partial charge in [-0.2, -0.15) is 8.42 Å². The van der Waals surface area contributed by atoms with Crippen LogP contribution in [0.2, 0.25) is 0 Å². The number of benzene rings is 1. The Labute approximate surface area is 168 Å². The van der Waals surface area contributed by atoms with Gasteiger partial charge in [-0.1, -0.05) is 43.9 Å². The molecule has 0 amide bonds. The normalized spacial score (nSPS) is 11.5. The second-order valence-electron chi connectivity index (χ2n) is 6.35. The minimum atomic E-state index is -3.76. The van der Waals surface area contributed by atoms with Crippen LogP contribution in [0.1, 0.15) is 44.6 Å². The van der Waals surface area contributed by atoms with Crippen LogP contribution >= 0.6 is 0 Å². The first-order valence-electron chi connectivity index (χ1n) is 9.73. The van der Waals surface area contributed by atoms with Crippen molar-refractivity contribution in [2.75, 3.05) is 39.6 Å². The van der Waals surface area contributed by atoms with Crippen molar-refractivity contribution >= 4 is 16.1 Å². The molecule has 0 aromatic heterocycles. The Kier molecular flexibility index (Phi) is 12.7. The van der Waals surface area contributed by atoms with E-state index in [1.165, 1.54) is 12.1 Å². The minimum absolute atomic E-state index is 0.0636. The van der Waals surface area contributed by atoms with E-state index in [-0.39, 0.29) is 30.7 Å². The van der Waals surface area contributed by atoms with Crippen LogP contribution in [0, 0.1) is 6.92 Å². The van der Waals surface area contributed by atoms with Gasteiger partial charge in [-0.25, -0.2) is 0 Å². The molecule has 0 atom stereocenters. The second kappa shape index (κ2) is 14.5. The highest BCUT2D eigenvalue weighted by atomic mass is 32.2. The maximum atomic E-state index is 12.0. The lowest BCUT2D eigenvalue weighted by Gasteiger charge is -2.08. The highest BCUT2D eigenvalue weighted by Crippen LogP contribution is 2.12. The predicted molar refractivity (Wildman–Crippen MR) is 106 cm³/mol. The highest BCUT2D eigenvalue weighted by molar-refractivity contribution is 7.86. The summed E-state index contributed by atoms with van der Waals surface area (Å²) in [5.41, 5.74) is 0.976. The predicted octanol–water partition coefficient (Wildman–Crippen LogP) is 3.25. The third-order valence-corrected chi connectivity index (χ3v) is 5.20. The third-order valence-electron chi connectivity index (χ3n) is 3.87. The molecule has 0 aliphatic heterocycles. The summed E-state index contributed by atoms with van der Waals surface area (Å²) in [4.78, 5) is 11.6. The van der Waals surface area contributed by atoms with Crippen LogP contribution in [0.25, 0.3) is 0 Å². The summed E-state index contributed by atoms with van der Waals surface area (Å²) in [7, 11) is -3.76. The fourth-order valence-corrected chi connectivity index (χ4v) is 3.17. The van der Waals surface area contributed by atoms with Crippen molar-refractivity contribution in [2.24, 2.45) is 0 Å². The maximum absolute atomic E-state index is 12.0. The molecule has 28 heavy (non-hydrogen) atoms. The lowest BCUT2D eigenvalue weighted by molar-refractivity contribution is -0.145. The first-order chi connectivity index (χ1) is 13.5. The van der Waals surface area contributed by atoms with Crippen molar-refractivity contribution in [3.63, 3.8) is 0 Å². The van der Waals surface area contributed by atoms with E-state index in [1.54, 1.807) is 12.1 Å². The largest absolute Gasteiger partial charge is 0.463 e. The van der Waals surface area contributed by atoms with E-state index >= 15 is 0 Å². The van der Waals surface area contributed by atoms with Gasteiger partial charge in [-0.05, 0) is 25.5 Å². The quantitative estimate of drug-likeness (QED) is 0.232. The monoisotopic (exact) mass is 416 g/mol. The van der Waals surface area contributed by atoms with Crippen LogP contribution in [0.4, 0.5) is 0 Å². The molecular formula is C20H32O7S. The van der Waals surface area contributed by atoms with Crippen LogP contribution in [-0.4, -0.2) is 54.0 Å². The Morgan fingerprint density at radius 1 is 0.857 bits per heavy atom. The Hall–Kier alpha value is -1.48. The molecule has 1 aromatic carbocycles. The van der Waals surface area contributed by atoms with Gasteiger partial charge in [0.1, 0.15) is 6.61 Å². The molecule has 0 aliphatic rings. The van der Waals surface area contributed by atoms with Crippen molar-refractivity contribution in [1.29, 1.82) is 0 Å². The summed E-state index contributed by atoms with van der Waals surface area (Å²) in [5, 5.41) is 0. The van der Waals surface area contributed by atoms with Gasteiger partial charge in [0.2, 0.25) is 0 Å². The highest BCUT2D eigenvalue weighted by Gasteiger charge is 2.14. The molecule has 1 aromatic rings. The van der Waals surface area contributed by atoms with Crippen LogP contribution in [0.15, 0.2) is 29.2 Å². The molecule has 1 rings (SSSR count). The van der Waals surface area contributed by atoms with Gasteiger partial charge in [0.15, 0.2) is 0 Å². The average molecular weight is 417 g/mol. The zero-order valence-electron chi connectivity index (χ0n) is 16.9. The van der Waals surface area contributed by atoms with E-state index in [1.807, 2.05) is 6.92 Å². The summed E-state index contributed by atoms with van der Waals surface area (Å²) < 4.78 is 44.5. The summed E-state index contributed by atoms with van der Waals surface area (Å²) in [6.07, 6.45) is 4.64. The van der Waals surface area contributed by atoms with Crippen molar-refractivity contribution in [2.45, 2.75) is 50.8 Å². The minimum Gasteiger partial charge on any atom is -0.463 e. The van der Waals surface area contributed by atoms with Crippen molar-refractivity contribution < 1.29 is 31.6 Å².